The van der Waals surface area contributed by atoms with E-state index in [0.717, 1.165) is 24.0 Å². The van der Waals surface area contributed by atoms with Crippen LogP contribution >= 0.6 is 0 Å². The molecule has 2 aromatic rings. The molecule has 1 fully saturated rings. The minimum Gasteiger partial charge on any atom is -0.390 e. The second-order valence-corrected chi connectivity index (χ2v) is 7.19. The Morgan fingerprint density at radius 1 is 1.33 bits per heavy atom. The molecule has 128 valence electrons. The second kappa shape index (κ2) is 6.40. The van der Waals surface area contributed by atoms with Crippen molar-refractivity contribution in [2.45, 2.75) is 39.2 Å². The number of aromatic nitrogens is 1. The zero-order valence-corrected chi connectivity index (χ0v) is 14.5. The third-order valence-electron chi connectivity index (χ3n) is 4.83. The van der Waals surface area contributed by atoms with E-state index in [-0.39, 0.29) is 11.8 Å². The van der Waals surface area contributed by atoms with Crippen LogP contribution in [0.5, 0.6) is 0 Å². The zero-order chi connectivity index (χ0) is 17.3. The first kappa shape index (κ1) is 16.7. The smallest absolute Gasteiger partial charge is 0.259 e. The number of hydrogen-bond acceptors (Lipinski definition) is 4. The summed E-state index contributed by atoms with van der Waals surface area (Å²) < 4.78 is 5.09. The quantitative estimate of drug-likeness (QED) is 0.939. The van der Waals surface area contributed by atoms with Gasteiger partial charge in [0.2, 0.25) is 0 Å². The number of carbonyl (C=O) groups excluding carboxylic acids is 1. The lowest BCUT2D eigenvalue weighted by Gasteiger charge is -2.38. The van der Waals surface area contributed by atoms with E-state index in [1.807, 2.05) is 45.0 Å². The highest BCUT2D eigenvalue weighted by Gasteiger charge is 2.34. The Hall–Kier alpha value is -2.14. The molecule has 1 amide bonds. The normalized spacial score (nSPS) is 18.7. The Morgan fingerprint density at radius 2 is 2.04 bits per heavy atom. The van der Waals surface area contributed by atoms with Crippen LogP contribution in [0.3, 0.4) is 0 Å². The maximum absolute atomic E-state index is 12.9. The summed E-state index contributed by atoms with van der Waals surface area (Å²) >= 11 is 0. The maximum atomic E-state index is 12.9. The molecule has 1 saturated heterocycles. The third-order valence-corrected chi connectivity index (χ3v) is 4.83. The highest BCUT2D eigenvalue weighted by atomic mass is 16.5. The van der Waals surface area contributed by atoms with Gasteiger partial charge in [-0.3, -0.25) is 4.79 Å². The lowest BCUT2D eigenvalue weighted by Crippen LogP contribution is -2.46. The molecule has 2 heterocycles. The molecule has 5 nitrogen and oxygen atoms in total. The van der Waals surface area contributed by atoms with Gasteiger partial charge in [-0.15, -0.1) is 0 Å². The van der Waals surface area contributed by atoms with E-state index in [1.54, 1.807) is 4.90 Å². The maximum Gasteiger partial charge on any atom is 0.259 e. The van der Waals surface area contributed by atoms with Gasteiger partial charge in [0, 0.05) is 24.6 Å². The van der Waals surface area contributed by atoms with Crippen LogP contribution in [0.25, 0.3) is 11.3 Å². The van der Waals surface area contributed by atoms with E-state index >= 15 is 0 Å². The number of piperidine rings is 1. The van der Waals surface area contributed by atoms with Crippen LogP contribution in [0.4, 0.5) is 0 Å². The molecule has 1 atom stereocenters. The molecule has 1 aromatic heterocycles. The number of likely N-dealkylation sites (tertiary alicyclic amines) is 1. The lowest BCUT2D eigenvalue weighted by atomic mass is 9.84. The van der Waals surface area contributed by atoms with Gasteiger partial charge in [0.25, 0.3) is 5.91 Å². The lowest BCUT2D eigenvalue weighted by molar-refractivity contribution is -0.0146. The SMILES string of the molecule is Cc1ccc(-c2nocc2C(=O)N2CCC[C@@H](C(C)(C)O)C2)cc1. The molecule has 0 saturated carbocycles. The molecule has 0 bridgehead atoms. The molecule has 1 aromatic carbocycles. The predicted octanol–water partition coefficient (Wildman–Crippen LogP) is 3.27. The standard InChI is InChI=1S/C19H24N2O3/c1-13-6-8-14(9-7-13)17-16(12-24-20-17)18(22)21-10-4-5-15(11-21)19(2,3)23/h6-9,12,15,23H,4-5,10-11H2,1-3H3/t15-/m1/s1. The highest BCUT2D eigenvalue weighted by Crippen LogP contribution is 2.29. The summed E-state index contributed by atoms with van der Waals surface area (Å²) in [5.74, 6) is -0.00124. The van der Waals surface area contributed by atoms with Crippen molar-refractivity contribution in [1.29, 1.82) is 0 Å². The number of carbonyl (C=O) groups is 1. The molecule has 1 aliphatic rings. The Balaban J connectivity index is 1.83. The first-order valence-corrected chi connectivity index (χ1v) is 8.39. The molecule has 1 aliphatic heterocycles. The van der Waals surface area contributed by atoms with Crippen LogP contribution in [0, 0.1) is 12.8 Å². The Bertz CT molecular complexity index is 713. The zero-order valence-electron chi connectivity index (χ0n) is 14.5. The number of nitrogens with zero attached hydrogens (tertiary/aromatic N) is 2. The number of amides is 1. The van der Waals surface area contributed by atoms with Crippen LogP contribution in [0.2, 0.25) is 0 Å². The molecule has 3 rings (SSSR count). The van der Waals surface area contributed by atoms with E-state index in [9.17, 15) is 9.90 Å². The van der Waals surface area contributed by atoms with Crippen molar-refractivity contribution in [2.24, 2.45) is 5.92 Å². The van der Waals surface area contributed by atoms with Crippen LogP contribution < -0.4 is 0 Å². The van der Waals surface area contributed by atoms with Gasteiger partial charge in [0.15, 0.2) is 0 Å². The summed E-state index contributed by atoms with van der Waals surface area (Å²) in [6, 6.07) is 7.87. The van der Waals surface area contributed by atoms with E-state index in [1.165, 1.54) is 6.26 Å². The minimum atomic E-state index is -0.784. The van der Waals surface area contributed by atoms with Gasteiger partial charge >= 0.3 is 0 Å². The van der Waals surface area contributed by atoms with Crippen LogP contribution in [-0.2, 0) is 0 Å². The van der Waals surface area contributed by atoms with E-state index in [4.69, 9.17) is 4.52 Å². The van der Waals surface area contributed by atoms with Crippen molar-refractivity contribution >= 4 is 5.91 Å². The summed E-state index contributed by atoms with van der Waals surface area (Å²) in [7, 11) is 0. The Kier molecular flexibility index (Phi) is 4.45. The molecule has 0 aliphatic carbocycles. The first-order valence-electron chi connectivity index (χ1n) is 8.39. The first-order chi connectivity index (χ1) is 11.4. The van der Waals surface area contributed by atoms with Crippen molar-refractivity contribution < 1.29 is 14.4 Å². The van der Waals surface area contributed by atoms with Gasteiger partial charge in [-0.1, -0.05) is 35.0 Å². The Morgan fingerprint density at radius 3 is 2.71 bits per heavy atom. The van der Waals surface area contributed by atoms with Crippen molar-refractivity contribution in [3.05, 3.63) is 41.7 Å². The molecule has 0 unspecified atom stereocenters. The molecule has 5 heteroatoms. The molecular formula is C19H24N2O3. The number of benzene rings is 1. The average molecular weight is 328 g/mol. The van der Waals surface area contributed by atoms with Crippen molar-refractivity contribution in [3.8, 4) is 11.3 Å². The topological polar surface area (TPSA) is 66.6 Å². The number of aryl methyl sites for hydroxylation is 1. The fourth-order valence-electron chi connectivity index (χ4n) is 3.22. The number of aliphatic hydroxyl groups is 1. The van der Waals surface area contributed by atoms with Crippen molar-refractivity contribution in [3.63, 3.8) is 0 Å². The Labute approximate surface area is 142 Å². The van der Waals surface area contributed by atoms with Crippen LogP contribution in [-0.4, -0.2) is 39.8 Å². The predicted molar refractivity (Wildman–Crippen MR) is 91.6 cm³/mol. The van der Waals surface area contributed by atoms with Gasteiger partial charge in [-0.25, -0.2) is 0 Å². The largest absolute Gasteiger partial charge is 0.390 e. The third kappa shape index (κ3) is 3.36. The molecule has 0 spiro atoms. The minimum absolute atomic E-state index is 0.0814. The van der Waals surface area contributed by atoms with Crippen molar-refractivity contribution in [2.75, 3.05) is 13.1 Å². The van der Waals surface area contributed by atoms with Crippen LogP contribution in [0.1, 0.15) is 42.6 Å². The van der Waals surface area contributed by atoms with Gasteiger partial charge < -0.3 is 14.5 Å². The summed E-state index contributed by atoms with van der Waals surface area (Å²) in [6.45, 7) is 6.89. The van der Waals surface area contributed by atoms with Gasteiger partial charge in [0.1, 0.15) is 17.5 Å². The van der Waals surface area contributed by atoms with E-state index < -0.39 is 5.60 Å². The number of hydrogen-bond donors (Lipinski definition) is 1. The average Bonchev–Trinajstić information content (AvgIpc) is 3.04. The fraction of sp³-hybridized carbons (Fsp3) is 0.474. The number of rotatable bonds is 3. The van der Waals surface area contributed by atoms with Gasteiger partial charge in [-0.05, 0) is 33.6 Å². The molecule has 1 N–H and O–H groups in total. The summed E-state index contributed by atoms with van der Waals surface area (Å²) in [5, 5.41) is 14.3. The molecule has 24 heavy (non-hydrogen) atoms. The highest BCUT2D eigenvalue weighted by molar-refractivity contribution is 5.99. The summed E-state index contributed by atoms with van der Waals surface area (Å²) in [6.07, 6.45) is 3.25. The fourth-order valence-corrected chi connectivity index (χ4v) is 3.22. The molecular weight excluding hydrogens is 304 g/mol. The second-order valence-electron chi connectivity index (χ2n) is 7.19. The van der Waals surface area contributed by atoms with Gasteiger partial charge in [0.05, 0.1) is 5.60 Å². The van der Waals surface area contributed by atoms with Gasteiger partial charge in [-0.2, -0.15) is 0 Å². The van der Waals surface area contributed by atoms with E-state index in [2.05, 4.69) is 5.16 Å². The summed E-state index contributed by atoms with van der Waals surface area (Å²) in [5.41, 5.74) is 2.29. The van der Waals surface area contributed by atoms with Crippen LogP contribution in [0.15, 0.2) is 35.1 Å². The van der Waals surface area contributed by atoms with E-state index in [0.29, 0.717) is 24.3 Å². The van der Waals surface area contributed by atoms with Crippen molar-refractivity contribution in [1.82, 2.24) is 10.1 Å². The molecule has 0 radical (unpaired) electrons. The summed E-state index contributed by atoms with van der Waals surface area (Å²) in [4.78, 5) is 14.7. The monoisotopic (exact) mass is 328 g/mol.